The fraction of sp³-hybridized carbons (Fsp3) is 0.158. The van der Waals surface area contributed by atoms with Gasteiger partial charge in [0.1, 0.15) is 6.61 Å². The van der Waals surface area contributed by atoms with Crippen molar-refractivity contribution >= 4 is 52.4 Å². The molecule has 2 aromatic rings. The molecule has 0 fully saturated rings. The first-order valence-corrected chi connectivity index (χ1v) is 9.02. The normalized spacial score (nSPS) is 19.7. The zero-order valence-corrected chi connectivity index (χ0v) is 15.6. The Morgan fingerprint density at radius 1 is 1.00 bits per heavy atom. The average Bonchev–Trinajstić information content (AvgIpc) is 2.96. The second-order valence-corrected chi connectivity index (χ2v) is 7.35. The highest BCUT2D eigenvalue weighted by molar-refractivity contribution is 6.35. The van der Waals surface area contributed by atoms with Gasteiger partial charge in [-0.05, 0) is 35.9 Å². The number of esters is 1. The van der Waals surface area contributed by atoms with Gasteiger partial charge in [0.25, 0.3) is 0 Å². The Morgan fingerprint density at radius 3 is 2.50 bits per heavy atom. The minimum Gasteiger partial charge on any atom is -0.456 e. The summed E-state index contributed by atoms with van der Waals surface area (Å²) in [4.78, 5) is 26.8. The van der Waals surface area contributed by atoms with Gasteiger partial charge >= 0.3 is 5.97 Å². The van der Waals surface area contributed by atoms with E-state index in [-0.39, 0.29) is 18.9 Å². The summed E-state index contributed by atoms with van der Waals surface area (Å²) in [7, 11) is 0. The van der Waals surface area contributed by atoms with Gasteiger partial charge in [0.05, 0.1) is 17.0 Å². The van der Waals surface area contributed by atoms with E-state index in [1.807, 2.05) is 0 Å². The van der Waals surface area contributed by atoms with Crippen LogP contribution in [0.5, 0.6) is 0 Å². The van der Waals surface area contributed by atoms with Crippen LogP contribution in [0.4, 0.5) is 5.69 Å². The van der Waals surface area contributed by atoms with Gasteiger partial charge in [-0.25, -0.2) is 4.79 Å². The molecule has 7 heteroatoms. The van der Waals surface area contributed by atoms with Gasteiger partial charge < -0.3 is 4.74 Å². The molecule has 0 aromatic heterocycles. The van der Waals surface area contributed by atoms with E-state index in [1.165, 1.54) is 4.90 Å². The first-order chi connectivity index (χ1) is 12.5. The van der Waals surface area contributed by atoms with Gasteiger partial charge in [0.2, 0.25) is 5.91 Å². The molecule has 0 radical (unpaired) electrons. The highest BCUT2D eigenvalue weighted by Gasteiger charge is 2.43. The molecule has 1 unspecified atom stereocenters. The van der Waals surface area contributed by atoms with Crippen molar-refractivity contribution in [3.05, 3.63) is 74.4 Å². The van der Waals surface area contributed by atoms with Gasteiger partial charge in [-0.3, -0.25) is 9.69 Å². The van der Waals surface area contributed by atoms with Crippen LogP contribution in [0.1, 0.15) is 17.9 Å². The lowest BCUT2D eigenvalue weighted by atomic mass is 9.84. The molecule has 4 nitrogen and oxygen atoms in total. The summed E-state index contributed by atoms with van der Waals surface area (Å²) in [6.07, 6.45) is 0.0990. The van der Waals surface area contributed by atoms with Gasteiger partial charge in [0.15, 0.2) is 0 Å². The molecule has 0 bridgehead atoms. The summed E-state index contributed by atoms with van der Waals surface area (Å²) >= 11 is 18.3. The number of nitrogens with zero attached hydrogens (tertiary/aromatic N) is 1. The maximum atomic E-state index is 12.9. The lowest BCUT2D eigenvalue weighted by Crippen LogP contribution is -2.37. The molecular formula is C19H12Cl3NO3. The van der Waals surface area contributed by atoms with Crippen molar-refractivity contribution in [3.63, 3.8) is 0 Å². The standard InChI is InChI=1S/C19H12Cl3NO3/c20-10-2-1-3-12(6-10)23-16-9-26-19(25)18(16)14(8-17(23)24)13-5-4-11(21)7-15(13)22/h1-7,14H,8-9H2. The number of ether oxygens (including phenoxy) is 1. The van der Waals surface area contributed by atoms with Crippen LogP contribution >= 0.6 is 34.8 Å². The van der Waals surface area contributed by atoms with Gasteiger partial charge in [0, 0.05) is 27.4 Å². The Morgan fingerprint density at radius 2 is 1.77 bits per heavy atom. The lowest BCUT2D eigenvalue weighted by molar-refractivity contribution is -0.136. The number of rotatable bonds is 2. The van der Waals surface area contributed by atoms with Crippen molar-refractivity contribution in [2.45, 2.75) is 12.3 Å². The molecule has 0 saturated carbocycles. The number of carbonyl (C=O) groups excluding carboxylic acids is 2. The third-order valence-electron chi connectivity index (χ3n) is 4.52. The maximum absolute atomic E-state index is 12.9. The van der Waals surface area contributed by atoms with Gasteiger partial charge in [-0.1, -0.05) is 46.9 Å². The predicted molar refractivity (Wildman–Crippen MR) is 101 cm³/mol. The van der Waals surface area contributed by atoms with Crippen LogP contribution in [0.25, 0.3) is 0 Å². The minimum atomic E-state index is -0.465. The Kier molecular flexibility index (Phi) is 4.43. The van der Waals surface area contributed by atoms with Crippen LogP contribution in [0.15, 0.2) is 53.7 Å². The maximum Gasteiger partial charge on any atom is 0.336 e. The van der Waals surface area contributed by atoms with Gasteiger partial charge in [-0.2, -0.15) is 0 Å². The quantitative estimate of drug-likeness (QED) is 0.659. The highest BCUT2D eigenvalue weighted by Crippen LogP contribution is 2.44. The van der Waals surface area contributed by atoms with Gasteiger partial charge in [-0.15, -0.1) is 0 Å². The summed E-state index contributed by atoms with van der Waals surface area (Å²) in [6, 6.07) is 12.0. The smallest absolute Gasteiger partial charge is 0.336 e. The molecule has 2 heterocycles. The molecule has 0 saturated heterocycles. The van der Waals surface area contributed by atoms with Crippen LogP contribution in [-0.4, -0.2) is 18.5 Å². The van der Waals surface area contributed by atoms with E-state index in [1.54, 1.807) is 42.5 Å². The van der Waals surface area contributed by atoms with E-state index in [0.717, 1.165) is 0 Å². The van der Waals surface area contributed by atoms with Crippen LogP contribution in [0.3, 0.4) is 0 Å². The average molecular weight is 409 g/mol. The largest absolute Gasteiger partial charge is 0.456 e. The van der Waals surface area contributed by atoms with E-state index in [4.69, 9.17) is 39.5 Å². The predicted octanol–water partition coefficient (Wildman–Crippen LogP) is 4.98. The summed E-state index contributed by atoms with van der Waals surface area (Å²) in [6.45, 7) is 0.0358. The molecule has 132 valence electrons. The summed E-state index contributed by atoms with van der Waals surface area (Å²) in [5.41, 5.74) is 2.27. The summed E-state index contributed by atoms with van der Waals surface area (Å²) in [5, 5.41) is 1.41. The molecule has 2 aliphatic heterocycles. The fourth-order valence-electron chi connectivity index (χ4n) is 3.42. The van der Waals surface area contributed by atoms with Crippen LogP contribution in [-0.2, 0) is 14.3 Å². The van der Waals surface area contributed by atoms with Crippen LogP contribution in [0.2, 0.25) is 15.1 Å². The second kappa shape index (κ2) is 6.62. The minimum absolute atomic E-state index is 0.0358. The lowest BCUT2D eigenvalue weighted by Gasteiger charge is -2.32. The number of cyclic esters (lactones) is 1. The van der Waals surface area contributed by atoms with Crippen molar-refractivity contribution in [2.75, 3.05) is 11.5 Å². The first kappa shape index (κ1) is 17.4. The topological polar surface area (TPSA) is 46.6 Å². The Hall–Kier alpha value is -2.01. The van der Waals surface area contributed by atoms with Crippen molar-refractivity contribution in [1.29, 1.82) is 0 Å². The molecule has 1 amide bonds. The van der Waals surface area contributed by atoms with Crippen molar-refractivity contribution in [3.8, 4) is 0 Å². The number of anilines is 1. The number of benzene rings is 2. The molecule has 2 aliphatic rings. The van der Waals surface area contributed by atoms with E-state index in [9.17, 15) is 9.59 Å². The van der Waals surface area contributed by atoms with E-state index in [2.05, 4.69) is 0 Å². The molecule has 26 heavy (non-hydrogen) atoms. The summed E-state index contributed by atoms with van der Waals surface area (Å²) in [5.74, 6) is -1.05. The van der Waals surface area contributed by atoms with Crippen molar-refractivity contribution in [1.82, 2.24) is 0 Å². The van der Waals surface area contributed by atoms with Crippen molar-refractivity contribution < 1.29 is 14.3 Å². The Labute approximate surface area is 164 Å². The molecular weight excluding hydrogens is 397 g/mol. The number of carbonyl (C=O) groups is 2. The molecule has 0 N–H and O–H groups in total. The number of halogens is 3. The first-order valence-electron chi connectivity index (χ1n) is 7.89. The van der Waals surface area contributed by atoms with E-state index < -0.39 is 11.9 Å². The zero-order valence-electron chi connectivity index (χ0n) is 13.3. The third-order valence-corrected chi connectivity index (χ3v) is 5.32. The van der Waals surface area contributed by atoms with Crippen molar-refractivity contribution in [2.24, 2.45) is 0 Å². The van der Waals surface area contributed by atoms with Crippen LogP contribution in [0, 0.1) is 0 Å². The van der Waals surface area contributed by atoms with E-state index in [0.29, 0.717) is 37.6 Å². The number of hydrogen-bond donors (Lipinski definition) is 0. The van der Waals surface area contributed by atoms with Crippen LogP contribution < -0.4 is 4.90 Å². The summed E-state index contributed by atoms with van der Waals surface area (Å²) < 4.78 is 5.24. The molecule has 4 rings (SSSR count). The molecule has 1 atom stereocenters. The number of hydrogen-bond acceptors (Lipinski definition) is 3. The number of amides is 1. The second-order valence-electron chi connectivity index (χ2n) is 6.07. The zero-order chi connectivity index (χ0) is 18.4. The van der Waals surface area contributed by atoms with E-state index >= 15 is 0 Å². The monoisotopic (exact) mass is 407 g/mol. The third kappa shape index (κ3) is 2.88. The molecule has 0 aliphatic carbocycles. The fourth-order valence-corrected chi connectivity index (χ4v) is 4.14. The Bertz CT molecular complexity index is 970. The molecule has 0 spiro atoms. The highest BCUT2D eigenvalue weighted by atomic mass is 35.5. The Balaban J connectivity index is 1.85. The SMILES string of the molecule is O=C1OCC2=C1C(c1ccc(Cl)cc1Cl)CC(=O)N2c1cccc(Cl)c1. The molecule has 2 aromatic carbocycles.